The van der Waals surface area contributed by atoms with Crippen molar-refractivity contribution in [1.82, 2.24) is 9.97 Å². The first-order chi connectivity index (χ1) is 8.31. The molecule has 0 aliphatic carbocycles. The largest absolute Gasteiger partial charge is 0.342 e. The molecule has 1 aromatic heterocycles. The number of hydrogen-bond acceptors (Lipinski definition) is 1. The lowest BCUT2D eigenvalue weighted by atomic mass is 10.1. The zero-order chi connectivity index (χ0) is 11.7. The molecule has 2 nitrogen and oxygen atoms in total. The van der Waals surface area contributed by atoms with Crippen molar-refractivity contribution in [2.75, 3.05) is 0 Å². The van der Waals surface area contributed by atoms with E-state index in [9.17, 15) is 0 Å². The van der Waals surface area contributed by atoms with Crippen LogP contribution in [0.4, 0.5) is 0 Å². The van der Waals surface area contributed by atoms with Crippen LogP contribution in [0.3, 0.4) is 0 Å². The molecule has 0 fully saturated rings. The maximum absolute atomic E-state index is 4.61. The molecule has 17 heavy (non-hydrogen) atoms. The van der Waals surface area contributed by atoms with Crippen LogP contribution in [-0.4, -0.2) is 9.97 Å². The monoisotopic (exact) mass is 222 g/mol. The highest BCUT2D eigenvalue weighted by molar-refractivity contribution is 5.75. The summed E-state index contributed by atoms with van der Waals surface area (Å²) in [6.45, 7) is 2.09. The van der Waals surface area contributed by atoms with Crippen LogP contribution in [0.1, 0.15) is 17.0 Å². The van der Waals surface area contributed by atoms with E-state index in [2.05, 4.69) is 59.4 Å². The Morgan fingerprint density at radius 3 is 2.71 bits per heavy atom. The Balaban J connectivity index is 1.96. The maximum Gasteiger partial charge on any atom is 0.111 e. The number of imidazole rings is 1. The van der Waals surface area contributed by atoms with E-state index in [-0.39, 0.29) is 0 Å². The van der Waals surface area contributed by atoms with Crippen molar-refractivity contribution >= 4 is 11.0 Å². The van der Waals surface area contributed by atoms with Crippen molar-refractivity contribution in [3.63, 3.8) is 0 Å². The van der Waals surface area contributed by atoms with Crippen LogP contribution in [0.5, 0.6) is 0 Å². The molecular weight excluding hydrogens is 208 g/mol. The van der Waals surface area contributed by atoms with Gasteiger partial charge in [-0.3, -0.25) is 0 Å². The van der Waals surface area contributed by atoms with Crippen molar-refractivity contribution in [2.45, 2.75) is 13.3 Å². The van der Waals surface area contributed by atoms with Crippen LogP contribution in [-0.2, 0) is 6.42 Å². The Kier molecular flexibility index (Phi) is 2.41. The number of aromatic amines is 1. The molecule has 0 saturated heterocycles. The number of aromatic nitrogens is 2. The van der Waals surface area contributed by atoms with Gasteiger partial charge in [-0.25, -0.2) is 4.98 Å². The standard InChI is InChI=1S/C15H14N2/c1-11-7-8-13-14(9-11)17-15(16-13)10-12-5-3-2-4-6-12/h2-9H,10H2,1H3,(H,16,17). The zero-order valence-corrected chi connectivity index (χ0v) is 9.77. The molecule has 1 heterocycles. The molecule has 0 unspecified atom stereocenters. The molecule has 0 radical (unpaired) electrons. The van der Waals surface area contributed by atoms with Crippen molar-refractivity contribution in [3.8, 4) is 0 Å². The number of rotatable bonds is 2. The first-order valence-corrected chi connectivity index (χ1v) is 5.80. The van der Waals surface area contributed by atoms with Gasteiger partial charge in [0.2, 0.25) is 0 Å². The first-order valence-electron chi connectivity index (χ1n) is 5.80. The SMILES string of the molecule is Cc1ccc2[nH]c(Cc3ccccc3)nc2c1. The summed E-state index contributed by atoms with van der Waals surface area (Å²) in [5.74, 6) is 1.02. The van der Waals surface area contributed by atoms with Crippen molar-refractivity contribution in [1.29, 1.82) is 0 Å². The average molecular weight is 222 g/mol. The number of fused-ring (bicyclic) bond motifs is 1. The normalized spacial score (nSPS) is 10.9. The summed E-state index contributed by atoms with van der Waals surface area (Å²) in [6.07, 6.45) is 0.856. The van der Waals surface area contributed by atoms with Crippen molar-refractivity contribution in [2.24, 2.45) is 0 Å². The molecule has 84 valence electrons. The van der Waals surface area contributed by atoms with Crippen LogP contribution in [0.15, 0.2) is 48.5 Å². The molecule has 0 atom stereocenters. The van der Waals surface area contributed by atoms with Gasteiger partial charge in [0.05, 0.1) is 11.0 Å². The van der Waals surface area contributed by atoms with E-state index in [4.69, 9.17) is 0 Å². The third kappa shape index (κ3) is 2.07. The molecule has 0 amide bonds. The van der Waals surface area contributed by atoms with E-state index in [1.807, 2.05) is 6.07 Å². The Bertz CT molecular complexity index is 638. The Morgan fingerprint density at radius 1 is 1.06 bits per heavy atom. The zero-order valence-electron chi connectivity index (χ0n) is 9.77. The Hall–Kier alpha value is -2.09. The smallest absolute Gasteiger partial charge is 0.111 e. The van der Waals surface area contributed by atoms with Gasteiger partial charge in [-0.2, -0.15) is 0 Å². The summed E-state index contributed by atoms with van der Waals surface area (Å²) < 4.78 is 0. The summed E-state index contributed by atoms with van der Waals surface area (Å²) in [6, 6.07) is 16.7. The van der Waals surface area contributed by atoms with Gasteiger partial charge in [0.25, 0.3) is 0 Å². The van der Waals surface area contributed by atoms with Gasteiger partial charge in [-0.05, 0) is 30.2 Å². The Labute approximate surface area is 100 Å². The fourth-order valence-electron chi connectivity index (χ4n) is 2.04. The predicted molar refractivity (Wildman–Crippen MR) is 70.1 cm³/mol. The van der Waals surface area contributed by atoms with Crippen LogP contribution in [0, 0.1) is 6.92 Å². The molecule has 0 spiro atoms. The lowest BCUT2D eigenvalue weighted by Crippen LogP contribution is -1.89. The van der Waals surface area contributed by atoms with Crippen molar-refractivity contribution < 1.29 is 0 Å². The molecule has 0 saturated carbocycles. The maximum atomic E-state index is 4.61. The average Bonchev–Trinajstić information content (AvgIpc) is 2.71. The molecule has 2 heteroatoms. The highest BCUT2D eigenvalue weighted by Gasteiger charge is 2.03. The molecular formula is C15H14N2. The summed E-state index contributed by atoms with van der Waals surface area (Å²) in [7, 11) is 0. The van der Waals surface area contributed by atoms with E-state index >= 15 is 0 Å². The molecule has 0 bridgehead atoms. The molecule has 3 rings (SSSR count). The van der Waals surface area contributed by atoms with Gasteiger partial charge in [-0.1, -0.05) is 36.4 Å². The number of H-pyrrole nitrogens is 1. The number of nitrogens with one attached hydrogen (secondary N) is 1. The van der Waals surface area contributed by atoms with Gasteiger partial charge in [0.1, 0.15) is 5.82 Å². The van der Waals surface area contributed by atoms with Crippen LogP contribution >= 0.6 is 0 Å². The van der Waals surface area contributed by atoms with E-state index in [0.717, 1.165) is 23.3 Å². The van der Waals surface area contributed by atoms with Gasteiger partial charge in [0.15, 0.2) is 0 Å². The summed E-state index contributed by atoms with van der Waals surface area (Å²) in [5, 5.41) is 0. The van der Waals surface area contributed by atoms with E-state index in [1.54, 1.807) is 0 Å². The van der Waals surface area contributed by atoms with Gasteiger partial charge >= 0.3 is 0 Å². The van der Waals surface area contributed by atoms with Gasteiger partial charge in [-0.15, -0.1) is 0 Å². The topological polar surface area (TPSA) is 28.7 Å². The van der Waals surface area contributed by atoms with Crippen LogP contribution in [0.25, 0.3) is 11.0 Å². The van der Waals surface area contributed by atoms with Crippen LogP contribution in [0.2, 0.25) is 0 Å². The number of nitrogens with zero attached hydrogens (tertiary/aromatic N) is 1. The fraction of sp³-hybridized carbons (Fsp3) is 0.133. The minimum absolute atomic E-state index is 0.856. The predicted octanol–water partition coefficient (Wildman–Crippen LogP) is 3.46. The van der Waals surface area contributed by atoms with E-state index in [1.165, 1.54) is 11.1 Å². The Morgan fingerprint density at radius 2 is 1.88 bits per heavy atom. The molecule has 1 N–H and O–H groups in total. The fourth-order valence-corrected chi connectivity index (χ4v) is 2.04. The minimum atomic E-state index is 0.856. The number of hydrogen-bond donors (Lipinski definition) is 1. The number of benzene rings is 2. The van der Waals surface area contributed by atoms with Gasteiger partial charge in [0, 0.05) is 6.42 Å². The molecule has 0 aliphatic rings. The van der Waals surface area contributed by atoms with Crippen molar-refractivity contribution in [3.05, 3.63) is 65.5 Å². The molecule has 2 aromatic carbocycles. The second-order valence-electron chi connectivity index (χ2n) is 4.37. The first kappa shape index (κ1) is 10.1. The molecule has 0 aliphatic heterocycles. The van der Waals surface area contributed by atoms with Crippen LogP contribution < -0.4 is 0 Å². The third-order valence-corrected chi connectivity index (χ3v) is 2.90. The highest BCUT2D eigenvalue weighted by atomic mass is 14.9. The summed E-state index contributed by atoms with van der Waals surface area (Å²) in [5.41, 5.74) is 4.69. The minimum Gasteiger partial charge on any atom is -0.342 e. The summed E-state index contributed by atoms with van der Waals surface area (Å²) in [4.78, 5) is 7.97. The lowest BCUT2D eigenvalue weighted by molar-refractivity contribution is 1.04. The lowest BCUT2D eigenvalue weighted by Gasteiger charge is -1.96. The second-order valence-corrected chi connectivity index (χ2v) is 4.37. The number of aryl methyl sites for hydroxylation is 1. The van der Waals surface area contributed by atoms with E-state index < -0.39 is 0 Å². The molecule has 3 aromatic rings. The van der Waals surface area contributed by atoms with Gasteiger partial charge < -0.3 is 4.98 Å². The quantitative estimate of drug-likeness (QED) is 0.706. The summed E-state index contributed by atoms with van der Waals surface area (Å²) >= 11 is 0. The second kappa shape index (κ2) is 4.06. The third-order valence-electron chi connectivity index (χ3n) is 2.90. The van der Waals surface area contributed by atoms with E-state index in [0.29, 0.717) is 0 Å². The highest BCUT2D eigenvalue weighted by Crippen LogP contribution is 2.15.